The van der Waals surface area contributed by atoms with Crippen LogP contribution in [0.3, 0.4) is 0 Å². The van der Waals surface area contributed by atoms with E-state index in [9.17, 15) is 0 Å². The van der Waals surface area contributed by atoms with Crippen LogP contribution in [0, 0.1) is 0 Å². The number of aryl methyl sites for hydroxylation is 1. The average Bonchev–Trinajstić information content (AvgIpc) is 2.96. The molecule has 5 nitrogen and oxygen atoms in total. The lowest BCUT2D eigenvalue weighted by molar-refractivity contribution is 0.151. The van der Waals surface area contributed by atoms with Gasteiger partial charge < -0.3 is 24.0 Å². The van der Waals surface area contributed by atoms with Crippen LogP contribution < -0.4 is 4.74 Å². The summed E-state index contributed by atoms with van der Waals surface area (Å²) in [6.45, 7) is 9.35. The molecule has 1 saturated heterocycles. The lowest BCUT2D eigenvalue weighted by Crippen LogP contribution is -2.44. The van der Waals surface area contributed by atoms with Gasteiger partial charge in [-0.1, -0.05) is 0 Å². The molecule has 1 aromatic carbocycles. The van der Waals surface area contributed by atoms with Crippen molar-refractivity contribution >= 4 is 10.9 Å². The first-order chi connectivity index (χ1) is 12.7. The second kappa shape index (κ2) is 7.59. The van der Waals surface area contributed by atoms with Crippen molar-refractivity contribution in [3.8, 4) is 5.75 Å². The normalized spacial score (nSPS) is 19.8. The Morgan fingerprint density at radius 3 is 2.54 bits per heavy atom. The maximum atomic E-state index is 5.49. The van der Waals surface area contributed by atoms with Crippen molar-refractivity contribution in [1.82, 2.24) is 19.3 Å². The van der Waals surface area contributed by atoms with Crippen molar-refractivity contribution < 1.29 is 4.74 Å². The number of piperazine rings is 1. The lowest BCUT2D eigenvalue weighted by Gasteiger charge is -2.32. The molecule has 0 amide bonds. The first kappa shape index (κ1) is 17.8. The Balaban J connectivity index is 1.54. The van der Waals surface area contributed by atoms with Crippen molar-refractivity contribution in [2.45, 2.75) is 25.9 Å². The Labute approximate surface area is 157 Å². The van der Waals surface area contributed by atoms with Gasteiger partial charge in [0.25, 0.3) is 0 Å². The van der Waals surface area contributed by atoms with Gasteiger partial charge in [-0.2, -0.15) is 0 Å². The molecule has 2 aromatic rings. The zero-order valence-electron chi connectivity index (χ0n) is 16.5. The van der Waals surface area contributed by atoms with Gasteiger partial charge in [-0.25, -0.2) is 0 Å². The van der Waals surface area contributed by atoms with Gasteiger partial charge >= 0.3 is 0 Å². The van der Waals surface area contributed by atoms with Crippen LogP contribution in [-0.2, 0) is 19.5 Å². The Hall–Kier alpha value is -1.56. The maximum Gasteiger partial charge on any atom is 0.119 e. The van der Waals surface area contributed by atoms with E-state index in [0.717, 1.165) is 31.8 Å². The van der Waals surface area contributed by atoms with Crippen molar-refractivity contribution in [2.24, 2.45) is 0 Å². The summed E-state index contributed by atoms with van der Waals surface area (Å²) in [5.74, 6) is 0.961. The highest BCUT2D eigenvalue weighted by molar-refractivity contribution is 5.87. The summed E-state index contributed by atoms with van der Waals surface area (Å²) in [5.41, 5.74) is 4.43. The summed E-state index contributed by atoms with van der Waals surface area (Å²) in [4.78, 5) is 7.47. The molecule has 0 saturated carbocycles. The topological polar surface area (TPSA) is 23.9 Å². The molecule has 3 heterocycles. The summed E-state index contributed by atoms with van der Waals surface area (Å²) < 4.78 is 8.08. The third-order valence-corrected chi connectivity index (χ3v) is 6.10. The number of methoxy groups -OCH3 is 1. The maximum absolute atomic E-state index is 5.49. The molecular weight excluding hydrogens is 324 g/mol. The summed E-state index contributed by atoms with van der Waals surface area (Å²) in [5, 5.41) is 1.38. The lowest BCUT2D eigenvalue weighted by atomic mass is 10.0. The highest BCUT2D eigenvalue weighted by Gasteiger charge is 2.23. The number of nitrogens with zero attached hydrogens (tertiary/aromatic N) is 4. The van der Waals surface area contributed by atoms with E-state index in [4.69, 9.17) is 4.74 Å². The van der Waals surface area contributed by atoms with Crippen LogP contribution in [0.15, 0.2) is 18.2 Å². The van der Waals surface area contributed by atoms with E-state index in [1.807, 2.05) is 0 Å². The van der Waals surface area contributed by atoms with Gasteiger partial charge in [0, 0.05) is 68.8 Å². The molecule has 4 rings (SSSR count). The van der Waals surface area contributed by atoms with E-state index < -0.39 is 0 Å². The number of likely N-dealkylation sites (N-methyl/N-ethyl adjacent to an activating group) is 2. The number of rotatable bonds is 5. The highest BCUT2D eigenvalue weighted by atomic mass is 16.5. The SMILES string of the molecule is COc1ccc2c(c1)c1c(n2CCCN2CCN(C)CC2)CCN(C)C1. The summed E-state index contributed by atoms with van der Waals surface area (Å²) in [7, 11) is 6.20. The fourth-order valence-electron chi connectivity index (χ4n) is 4.47. The van der Waals surface area contributed by atoms with Crippen molar-refractivity contribution in [3.05, 3.63) is 29.5 Å². The quantitative estimate of drug-likeness (QED) is 0.820. The number of benzene rings is 1. The molecule has 2 aliphatic rings. The van der Waals surface area contributed by atoms with Gasteiger partial charge in [-0.05, 0) is 50.8 Å². The number of hydrogen-bond donors (Lipinski definition) is 0. The predicted molar refractivity (Wildman–Crippen MR) is 107 cm³/mol. The summed E-state index contributed by atoms with van der Waals surface area (Å²) in [6.07, 6.45) is 2.37. The number of fused-ring (bicyclic) bond motifs is 3. The molecule has 0 bridgehead atoms. The molecule has 0 radical (unpaired) electrons. The van der Waals surface area contributed by atoms with E-state index in [0.29, 0.717) is 0 Å². The van der Waals surface area contributed by atoms with Gasteiger partial charge in [0.2, 0.25) is 0 Å². The van der Waals surface area contributed by atoms with Crippen LogP contribution in [0.1, 0.15) is 17.7 Å². The van der Waals surface area contributed by atoms with Gasteiger partial charge in [0.1, 0.15) is 5.75 Å². The fraction of sp³-hybridized carbons (Fsp3) is 0.619. The van der Waals surface area contributed by atoms with Crippen LogP contribution in [0.25, 0.3) is 10.9 Å². The van der Waals surface area contributed by atoms with Gasteiger partial charge in [0.15, 0.2) is 0 Å². The predicted octanol–water partition coefficient (Wildman–Crippen LogP) is 2.28. The average molecular weight is 357 g/mol. The van der Waals surface area contributed by atoms with Crippen LogP contribution in [0.2, 0.25) is 0 Å². The number of hydrogen-bond acceptors (Lipinski definition) is 4. The molecule has 0 atom stereocenters. The fourth-order valence-corrected chi connectivity index (χ4v) is 4.47. The third-order valence-electron chi connectivity index (χ3n) is 6.10. The van der Waals surface area contributed by atoms with E-state index in [1.165, 1.54) is 55.6 Å². The minimum Gasteiger partial charge on any atom is -0.497 e. The van der Waals surface area contributed by atoms with Crippen LogP contribution in [0.5, 0.6) is 5.75 Å². The van der Waals surface area contributed by atoms with E-state index in [1.54, 1.807) is 12.8 Å². The highest BCUT2D eigenvalue weighted by Crippen LogP contribution is 2.33. The monoisotopic (exact) mass is 356 g/mol. The standard InChI is InChI=1S/C21H32N4O/c1-22-11-13-24(14-12-22)8-4-9-25-20-6-5-17(26-3)15-18(20)19-16-23(2)10-7-21(19)25/h5-6,15H,4,7-14,16H2,1-3H3. The molecule has 142 valence electrons. The molecule has 0 spiro atoms. The first-order valence-electron chi connectivity index (χ1n) is 9.93. The van der Waals surface area contributed by atoms with Crippen molar-refractivity contribution in [2.75, 3.05) is 60.5 Å². The first-order valence-corrected chi connectivity index (χ1v) is 9.93. The number of aromatic nitrogens is 1. The second-order valence-electron chi connectivity index (χ2n) is 7.95. The molecular formula is C21H32N4O. The smallest absolute Gasteiger partial charge is 0.119 e. The largest absolute Gasteiger partial charge is 0.497 e. The van der Waals surface area contributed by atoms with Crippen molar-refractivity contribution in [3.63, 3.8) is 0 Å². The third kappa shape index (κ3) is 3.48. The van der Waals surface area contributed by atoms with Crippen LogP contribution in [0.4, 0.5) is 0 Å². The molecule has 1 aromatic heterocycles. The van der Waals surface area contributed by atoms with Gasteiger partial charge in [-0.3, -0.25) is 0 Å². The zero-order valence-corrected chi connectivity index (χ0v) is 16.5. The minimum atomic E-state index is 0.961. The molecule has 0 N–H and O–H groups in total. The van der Waals surface area contributed by atoms with E-state index >= 15 is 0 Å². The Morgan fingerprint density at radius 1 is 0.962 bits per heavy atom. The van der Waals surface area contributed by atoms with Crippen LogP contribution in [-0.4, -0.2) is 79.7 Å². The summed E-state index contributed by atoms with van der Waals surface area (Å²) in [6, 6.07) is 6.58. The van der Waals surface area contributed by atoms with E-state index in [-0.39, 0.29) is 0 Å². The minimum absolute atomic E-state index is 0.961. The van der Waals surface area contributed by atoms with E-state index in [2.05, 4.69) is 51.6 Å². The molecule has 26 heavy (non-hydrogen) atoms. The Morgan fingerprint density at radius 2 is 1.77 bits per heavy atom. The number of ether oxygens (including phenoxy) is 1. The zero-order chi connectivity index (χ0) is 18.1. The Kier molecular flexibility index (Phi) is 5.20. The molecule has 0 unspecified atom stereocenters. The second-order valence-corrected chi connectivity index (χ2v) is 7.95. The Bertz CT molecular complexity index is 761. The van der Waals surface area contributed by atoms with Gasteiger partial charge in [-0.15, -0.1) is 0 Å². The molecule has 5 heteroatoms. The molecule has 2 aliphatic heterocycles. The molecule has 0 aliphatic carbocycles. The van der Waals surface area contributed by atoms with Crippen molar-refractivity contribution in [1.29, 1.82) is 0 Å². The molecule has 1 fully saturated rings. The summed E-state index contributed by atoms with van der Waals surface area (Å²) >= 11 is 0. The van der Waals surface area contributed by atoms with Gasteiger partial charge in [0.05, 0.1) is 7.11 Å². The van der Waals surface area contributed by atoms with Crippen LogP contribution >= 0.6 is 0 Å².